The van der Waals surface area contributed by atoms with Crippen molar-refractivity contribution in [3.63, 3.8) is 0 Å². The molecular formula is C13H22N2O3. The summed E-state index contributed by atoms with van der Waals surface area (Å²) in [7, 11) is 0. The number of carbonyl (C=O) groups is 1. The third-order valence-electron chi connectivity index (χ3n) is 4.39. The van der Waals surface area contributed by atoms with Crippen molar-refractivity contribution in [2.45, 2.75) is 44.4 Å². The van der Waals surface area contributed by atoms with Gasteiger partial charge in [-0.05, 0) is 13.8 Å². The molecule has 0 radical (unpaired) electrons. The van der Waals surface area contributed by atoms with Crippen molar-refractivity contribution in [2.24, 2.45) is 0 Å². The number of hydrogen-bond donors (Lipinski definition) is 0. The Balaban J connectivity index is 1.53. The van der Waals surface area contributed by atoms with Gasteiger partial charge < -0.3 is 14.4 Å². The summed E-state index contributed by atoms with van der Waals surface area (Å²) in [5.41, 5.74) is 0.0343. The Morgan fingerprint density at radius 1 is 1.17 bits per heavy atom. The van der Waals surface area contributed by atoms with Crippen molar-refractivity contribution in [2.75, 3.05) is 33.0 Å². The fourth-order valence-electron chi connectivity index (χ4n) is 3.10. The molecule has 0 unspecified atom stereocenters. The van der Waals surface area contributed by atoms with Gasteiger partial charge in [-0.3, -0.25) is 9.69 Å². The zero-order valence-corrected chi connectivity index (χ0v) is 11.3. The van der Waals surface area contributed by atoms with Crippen LogP contribution in [0.4, 0.5) is 0 Å². The van der Waals surface area contributed by atoms with Crippen LogP contribution in [0, 0.1) is 0 Å². The molecule has 5 nitrogen and oxygen atoms in total. The van der Waals surface area contributed by atoms with Gasteiger partial charge in [-0.2, -0.15) is 0 Å². The molecule has 0 aromatic heterocycles. The highest BCUT2D eigenvalue weighted by molar-refractivity contribution is 5.84. The second-order valence-electron chi connectivity index (χ2n) is 6.18. The molecule has 1 spiro atoms. The quantitative estimate of drug-likeness (QED) is 0.683. The summed E-state index contributed by atoms with van der Waals surface area (Å²) in [4.78, 5) is 15.9. The number of likely N-dealkylation sites (tertiary alicyclic amines) is 2. The van der Waals surface area contributed by atoms with E-state index in [4.69, 9.17) is 9.47 Å². The maximum atomic E-state index is 11.6. The lowest BCUT2D eigenvalue weighted by atomic mass is 9.88. The average molecular weight is 254 g/mol. The normalized spacial score (nSPS) is 30.8. The van der Waals surface area contributed by atoms with Gasteiger partial charge in [0.1, 0.15) is 0 Å². The summed E-state index contributed by atoms with van der Waals surface area (Å²) in [6.45, 7) is 8.34. The molecule has 3 rings (SSSR count). The van der Waals surface area contributed by atoms with Crippen molar-refractivity contribution in [1.29, 1.82) is 0 Å². The highest BCUT2D eigenvalue weighted by atomic mass is 16.7. The number of ether oxygens (including phenoxy) is 2. The van der Waals surface area contributed by atoms with E-state index in [0.717, 1.165) is 45.8 Å². The molecule has 0 aromatic carbocycles. The molecule has 0 N–H and O–H groups in total. The Morgan fingerprint density at radius 3 is 2.28 bits per heavy atom. The largest absolute Gasteiger partial charge is 0.347 e. The van der Waals surface area contributed by atoms with E-state index in [0.29, 0.717) is 6.42 Å². The molecule has 0 bridgehead atoms. The molecular weight excluding hydrogens is 232 g/mol. The Labute approximate surface area is 108 Å². The van der Waals surface area contributed by atoms with Gasteiger partial charge >= 0.3 is 0 Å². The molecule has 0 atom stereocenters. The third kappa shape index (κ3) is 2.04. The Hall–Kier alpha value is -0.650. The van der Waals surface area contributed by atoms with E-state index in [1.165, 1.54) is 0 Å². The lowest BCUT2D eigenvalue weighted by Crippen LogP contribution is -2.63. The first kappa shape index (κ1) is 12.4. The van der Waals surface area contributed by atoms with Crippen LogP contribution in [0.3, 0.4) is 0 Å². The molecule has 0 saturated carbocycles. The maximum absolute atomic E-state index is 11.6. The van der Waals surface area contributed by atoms with Crippen molar-refractivity contribution in [3.8, 4) is 0 Å². The van der Waals surface area contributed by atoms with Gasteiger partial charge in [-0.1, -0.05) is 0 Å². The Kier molecular flexibility index (Phi) is 2.88. The monoisotopic (exact) mass is 254 g/mol. The molecule has 0 aromatic rings. The molecule has 3 heterocycles. The van der Waals surface area contributed by atoms with Crippen LogP contribution in [-0.2, 0) is 14.3 Å². The predicted molar refractivity (Wildman–Crippen MR) is 65.9 cm³/mol. The van der Waals surface area contributed by atoms with Gasteiger partial charge in [0.25, 0.3) is 0 Å². The second kappa shape index (κ2) is 4.18. The van der Waals surface area contributed by atoms with Crippen LogP contribution in [0.1, 0.15) is 33.1 Å². The lowest BCUT2D eigenvalue weighted by molar-refractivity contribution is -0.191. The zero-order chi connectivity index (χ0) is 12.8. The first-order valence-corrected chi connectivity index (χ1v) is 6.82. The van der Waals surface area contributed by atoms with E-state index in [1.54, 1.807) is 0 Å². The molecule has 3 saturated heterocycles. The van der Waals surface area contributed by atoms with E-state index >= 15 is 0 Å². The number of piperidine rings is 1. The smallest absolute Gasteiger partial charge is 0.226 e. The van der Waals surface area contributed by atoms with Gasteiger partial charge in [-0.15, -0.1) is 0 Å². The third-order valence-corrected chi connectivity index (χ3v) is 4.39. The van der Waals surface area contributed by atoms with Gasteiger partial charge in [0, 0.05) is 37.9 Å². The molecule has 3 fully saturated rings. The number of amides is 1. The molecule has 1 amide bonds. The second-order valence-corrected chi connectivity index (χ2v) is 6.18. The number of nitrogens with zero attached hydrogens (tertiary/aromatic N) is 2. The van der Waals surface area contributed by atoms with E-state index in [1.807, 2.05) is 4.90 Å². The molecule has 102 valence electrons. The molecule has 5 heteroatoms. The minimum absolute atomic E-state index is 0.0343. The topological polar surface area (TPSA) is 42.0 Å². The highest BCUT2D eigenvalue weighted by Gasteiger charge is 2.45. The van der Waals surface area contributed by atoms with Gasteiger partial charge in [0.15, 0.2) is 5.79 Å². The van der Waals surface area contributed by atoms with Crippen LogP contribution in [0.15, 0.2) is 0 Å². The summed E-state index contributed by atoms with van der Waals surface area (Å²) in [6.07, 6.45) is 2.50. The lowest BCUT2D eigenvalue weighted by Gasteiger charge is -2.50. The van der Waals surface area contributed by atoms with E-state index in [9.17, 15) is 4.79 Å². The predicted octanol–water partition coefficient (Wildman–Crippen LogP) is 0.794. The molecule has 0 aliphatic carbocycles. The summed E-state index contributed by atoms with van der Waals surface area (Å²) in [5.74, 6) is -0.0426. The first-order valence-electron chi connectivity index (χ1n) is 6.82. The van der Waals surface area contributed by atoms with Gasteiger partial charge in [0.2, 0.25) is 5.91 Å². The maximum Gasteiger partial charge on any atom is 0.226 e. The van der Waals surface area contributed by atoms with Crippen LogP contribution in [-0.4, -0.2) is 60.0 Å². The fourth-order valence-corrected chi connectivity index (χ4v) is 3.10. The molecule has 3 aliphatic rings. The van der Waals surface area contributed by atoms with Crippen molar-refractivity contribution in [1.82, 2.24) is 9.80 Å². The van der Waals surface area contributed by atoms with E-state index < -0.39 is 0 Å². The van der Waals surface area contributed by atoms with Crippen molar-refractivity contribution in [3.05, 3.63) is 0 Å². The van der Waals surface area contributed by atoms with Gasteiger partial charge in [-0.25, -0.2) is 0 Å². The highest BCUT2D eigenvalue weighted by Crippen LogP contribution is 2.34. The number of rotatable bonds is 2. The van der Waals surface area contributed by atoms with Crippen LogP contribution in [0.2, 0.25) is 0 Å². The number of carbonyl (C=O) groups excluding carboxylic acids is 1. The Bertz CT molecular complexity index is 340. The van der Waals surface area contributed by atoms with Crippen LogP contribution in [0.5, 0.6) is 0 Å². The minimum atomic E-state index is -0.315. The minimum Gasteiger partial charge on any atom is -0.347 e. The number of hydrogen-bond acceptors (Lipinski definition) is 4. The van der Waals surface area contributed by atoms with Crippen molar-refractivity contribution < 1.29 is 14.3 Å². The van der Waals surface area contributed by atoms with Crippen LogP contribution in [0.25, 0.3) is 0 Å². The summed E-state index contributed by atoms with van der Waals surface area (Å²) in [6, 6.07) is 0. The average Bonchev–Trinajstić information content (AvgIpc) is 2.76. The van der Waals surface area contributed by atoms with Crippen LogP contribution < -0.4 is 0 Å². The fraction of sp³-hybridized carbons (Fsp3) is 0.923. The molecule has 3 aliphatic heterocycles. The van der Waals surface area contributed by atoms with E-state index in [-0.39, 0.29) is 17.2 Å². The Morgan fingerprint density at radius 2 is 1.78 bits per heavy atom. The summed E-state index contributed by atoms with van der Waals surface area (Å²) in [5, 5.41) is 0. The van der Waals surface area contributed by atoms with E-state index in [2.05, 4.69) is 18.7 Å². The number of β-lactam (4-membered cyclic amide) rings is 1. The van der Waals surface area contributed by atoms with Crippen LogP contribution >= 0.6 is 0 Å². The first-order chi connectivity index (χ1) is 8.51. The van der Waals surface area contributed by atoms with Gasteiger partial charge in [0.05, 0.1) is 19.9 Å². The summed E-state index contributed by atoms with van der Waals surface area (Å²) < 4.78 is 11.4. The zero-order valence-electron chi connectivity index (χ0n) is 11.3. The SMILES string of the molecule is CC1(C)CC(=O)N1CN1CCC2(CC1)OCCO2. The van der Waals surface area contributed by atoms with Crippen molar-refractivity contribution >= 4 is 5.91 Å². The standard InChI is InChI=1S/C13H22N2O3/c1-12(2)9-11(16)15(12)10-14-5-3-13(4-6-14)17-7-8-18-13/h3-10H2,1-2H3. The summed E-state index contributed by atoms with van der Waals surface area (Å²) >= 11 is 0. The molecule has 18 heavy (non-hydrogen) atoms.